The Labute approximate surface area is 153 Å². The Morgan fingerprint density at radius 1 is 1.28 bits per heavy atom. The summed E-state index contributed by atoms with van der Waals surface area (Å²) in [5.41, 5.74) is 1.94. The number of methoxy groups -OCH3 is 1. The van der Waals surface area contributed by atoms with Gasteiger partial charge >= 0.3 is 0 Å². The molecule has 25 heavy (non-hydrogen) atoms. The molecule has 0 bridgehead atoms. The molecule has 1 aromatic carbocycles. The Morgan fingerprint density at radius 3 is 2.84 bits per heavy atom. The van der Waals surface area contributed by atoms with Gasteiger partial charge < -0.3 is 14.8 Å². The predicted molar refractivity (Wildman–Crippen MR) is 98.2 cm³/mol. The highest BCUT2D eigenvalue weighted by atomic mass is 35.5. The van der Waals surface area contributed by atoms with Crippen LogP contribution in [0.5, 0.6) is 5.88 Å². The molecule has 8 heteroatoms. The Hall–Kier alpha value is -2.22. The van der Waals surface area contributed by atoms with Gasteiger partial charge in [0.1, 0.15) is 11.2 Å². The SMILES string of the molecule is COCCNC(=O)COc1ncnc2scc(-c3ccc(Cl)cc3)c12. The highest BCUT2D eigenvalue weighted by Crippen LogP contribution is 2.37. The van der Waals surface area contributed by atoms with Gasteiger partial charge in [-0.3, -0.25) is 4.79 Å². The van der Waals surface area contributed by atoms with Gasteiger partial charge in [-0.2, -0.15) is 0 Å². The summed E-state index contributed by atoms with van der Waals surface area (Å²) >= 11 is 7.46. The second-order valence-electron chi connectivity index (χ2n) is 5.15. The first kappa shape index (κ1) is 17.6. The third-order valence-electron chi connectivity index (χ3n) is 3.46. The van der Waals surface area contributed by atoms with Gasteiger partial charge in [0, 0.05) is 29.6 Å². The molecular formula is C17H16ClN3O3S. The number of aromatic nitrogens is 2. The summed E-state index contributed by atoms with van der Waals surface area (Å²) in [6.07, 6.45) is 1.43. The number of halogens is 1. The minimum absolute atomic E-state index is 0.119. The van der Waals surface area contributed by atoms with Crippen LogP contribution in [0.3, 0.4) is 0 Å². The topological polar surface area (TPSA) is 73.3 Å². The number of carbonyl (C=O) groups excluding carboxylic acids is 1. The van der Waals surface area contributed by atoms with Crippen molar-refractivity contribution in [3.05, 3.63) is 41.0 Å². The first-order chi connectivity index (χ1) is 12.2. The standard InChI is InChI=1S/C17H16ClN3O3S/c1-23-7-6-19-14(22)8-24-16-15-13(9-25-17(15)21-10-20-16)11-2-4-12(18)5-3-11/h2-5,9-10H,6-8H2,1H3,(H,19,22). The van der Waals surface area contributed by atoms with Gasteiger partial charge in [-0.1, -0.05) is 23.7 Å². The summed E-state index contributed by atoms with van der Waals surface area (Å²) in [7, 11) is 1.58. The van der Waals surface area contributed by atoms with Crippen molar-refractivity contribution in [2.75, 3.05) is 26.9 Å². The Morgan fingerprint density at radius 2 is 2.08 bits per heavy atom. The lowest BCUT2D eigenvalue weighted by Gasteiger charge is -2.08. The zero-order valence-electron chi connectivity index (χ0n) is 13.5. The smallest absolute Gasteiger partial charge is 0.258 e. The van der Waals surface area contributed by atoms with Crippen molar-refractivity contribution >= 4 is 39.1 Å². The largest absolute Gasteiger partial charge is 0.467 e. The lowest BCUT2D eigenvalue weighted by molar-refractivity contribution is -0.123. The van der Waals surface area contributed by atoms with Crippen LogP contribution >= 0.6 is 22.9 Å². The molecule has 0 saturated carbocycles. The summed E-state index contributed by atoms with van der Waals surface area (Å²) in [6.45, 7) is 0.771. The van der Waals surface area contributed by atoms with E-state index in [2.05, 4.69) is 15.3 Å². The lowest BCUT2D eigenvalue weighted by Crippen LogP contribution is -2.31. The van der Waals surface area contributed by atoms with Gasteiger partial charge in [0.15, 0.2) is 6.61 Å². The number of hydrogen-bond donors (Lipinski definition) is 1. The third kappa shape index (κ3) is 4.25. The summed E-state index contributed by atoms with van der Waals surface area (Å²) in [4.78, 5) is 21.1. The summed E-state index contributed by atoms with van der Waals surface area (Å²) < 4.78 is 10.5. The van der Waals surface area contributed by atoms with Crippen molar-refractivity contribution in [3.63, 3.8) is 0 Å². The van der Waals surface area contributed by atoms with E-state index in [1.54, 1.807) is 7.11 Å². The van der Waals surface area contributed by atoms with E-state index in [1.807, 2.05) is 29.6 Å². The molecule has 2 aromatic heterocycles. The quantitative estimate of drug-likeness (QED) is 0.640. The molecular weight excluding hydrogens is 362 g/mol. The van der Waals surface area contributed by atoms with Gasteiger partial charge in [0.05, 0.1) is 12.0 Å². The number of thiophene rings is 1. The molecule has 0 spiro atoms. The highest BCUT2D eigenvalue weighted by Gasteiger charge is 2.15. The van der Waals surface area contributed by atoms with E-state index in [0.717, 1.165) is 21.3 Å². The molecule has 0 aliphatic rings. The molecule has 3 rings (SSSR count). The predicted octanol–water partition coefficient (Wildman–Crippen LogP) is 3.15. The van der Waals surface area contributed by atoms with Crippen LogP contribution in [-0.2, 0) is 9.53 Å². The van der Waals surface area contributed by atoms with Crippen LogP contribution in [0, 0.1) is 0 Å². The fraction of sp³-hybridized carbons (Fsp3) is 0.235. The van der Waals surface area contributed by atoms with Crippen LogP contribution < -0.4 is 10.1 Å². The summed E-state index contributed by atoms with van der Waals surface area (Å²) in [5, 5.41) is 6.16. The van der Waals surface area contributed by atoms with E-state index < -0.39 is 0 Å². The molecule has 3 aromatic rings. The van der Waals surface area contributed by atoms with Gasteiger partial charge in [-0.15, -0.1) is 11.3 Å². The van der Waals surface area contributed by atoms with Crippen LogP contribution in [0.25, 0.3) is 21.3 Å². The fourth-order valence-electron chi connectivity index (χ4n) is 2.28. The molecule has 0 radical (unpaired) electrons. The molecule has 2 heterocycles. The zero-order valence-corrected chi connectivity index (χ0v) is 15.1. The monoisotopic (exact) mass is 377 g/mol. The third-order valence-corrected chi connectivity index (χ3v) is 4.60. The molecule has 130 valence electrons. The number of carbonyl (C=O) groups is 1. The Kier molecular flexibility index (Phi) is 5.80. The molecule has 0 unspecified atom stereocenters. The first-order valence-corrected chi connectivity index (χ1v) is 8.81. The minimum Gasteiger partial charge on any atom is -0.467 e. The maximum Gasteiger partial charge on any atom is 0.258 e. The average molecular weight is 378 g/mol. The molecule has 6 nitrogen and oxygen atoms in total. The second kappa shape index (κ2) is 8.24. The highest BCUT2D eigenvalue weighted by molar-refractivity contribution is 7.17. The molecule has 0 aliphatic carbocycles. The maximum absolute atomic E-state index is 11.8. The summed E-state index contributed by atoms with van der Waals surface area (Å²) in [5.74, 6) is 0.158. The number of ether oxygens (including phenoxy) is 2. The molecule has 0 saturated heterocycles. The normalized spacial score (nSPS) is 10.8. The van der Waals surface area contributed by atoms with Crippen molar-refractivity contribution < 1.29 is 14.3 Å². The van der Waals surface area contributed by atoms with E-state index >= 15 is 0 Å². The van der Waals surface area contributed by atoms with Gasteiger partial charge in [-0.25, -0.2) is 9.97 Å². The molecule has 0 atom stereocenters. The second-order valence-corrected chi connectivity index (χ2v) is 6.44. The van der Waals surface area contributed by atoms with Crippen LogP contribution in [-0.4, -0.2) is 42.7 Å². The number of rotatable bonds is 7. The number of hydrogen-bond acceptors (Lipinski definition) is 6. The number of fused-ring (bicyclic) bond motifs is 1. The molecule has 1 N–H and O–H groups in total. The number of nitrogens with one attached hydrogen (secondary N) is 1. The van der Waals surface area contributed by atoms with Gasteiger partial charge in [0.2, 0.25) is 5.88 Å². The van der Waals surface area contributed by atoms with Crippen LogP contribution in [0.4, 0.5) is 0 Å². The van der Waals surface area contributed by atoms with E-state index in [-0.39, 0.29) is 12.5 Å². The fourth-order valence-corrected chi connectivity index (χ4v) is 3.31. The van der Waals surface area contributed by atoms with Crippen molar-refractivity contribution in [3.8, 4) is 17.0 Å². The Bertz CT molecular complexity index is 867. The van der Waals surface area contributed by atoms with E-state index in [4.69, 9.17) is 21.1 Å². The van der Waals surface area contributed by atoms with Crippen molar-refractivity contribution in [2.45, 2.75) is 0 Å². The maximum atomic E-state index is 11.8. The van der Waals surface area contributed by atoms with Crippen molar-refractivity contribution in [1.29, 1.82) is 0 Å². The van der Waals surface area contributed by atoms with Crippen LogP contribution in [0.15, 0.2) is 36.0 Å². The van der Waals surface area contributed by atoms with Gasteiger partial charge in [-0.05, 0) is 17.7 Å². The number of benzene rings is 1. The van der Waals surface area contributed by atoms with Gasteiger partial charge in [0.25, 0.3) is 5.91 Å². The van der Waals surface area contributed by atoms with Crippen LogP contribution in [0.1, 0.15) is 0 Å². The molecule has 0 fully saturated rings. The average Bonchev–Trinajstić information content (AvgIpc) is 3.05. The molecule has 0 aliphatic heterocycles. The minimum atomic E-state index is -0.230. The van der Waals surface area contributed by atoms with E-state index in [0.29, 0.717) is 24.1 Å². The Balaban J connectivity index is 1.82. The van der Waals surface area contributed by atoms with Crippen LogP contribution in [0.2, 0.25) is 5.02 Å². The zero-order chi connectivity index (χ0) is 17.6. The first-order valence-electron chi connectivity index (χ1n) is 7.55. The number of amides is 1. The van der Waals surface area contributed by atoms with E-state index in [1.165, 1.54) is 17.7 Å². The summed E-state index contributed by atoms with van der Waals surface area (Å²) in [6, 6.07) is 7.51. The van der Waals surface area contributed by atoms with Crippen molar-refractivity contribution in [1.82, 2.24) is 15.3 Å². The lowest BCUT2D eigenvalue weighted by atomic mass is 10.1. The van der Waals surface area contributed by atoms with E-state index in [9.17, 15) is 4.79 Å². The number of nitrogens with zero attached hydrogens (tertiary/aromatic N) is 2. The molecule has 1 amide bonds. The van der Waals surface area contributed by atoms with Crippen molar-refractivity contribution in [2.24, 2.45) is 0 Å².